The van der Waals surface area contributed by atoms with Gasteiger partial charge in [0.05, 0.1) is 12.2 Å². The molecule has 0 aromatic rings. The predicted molar refractivity (Wildman–Crippen MR) is 137 cm³/mol. The summed E-state index contributed by atoms with van der Waals surface area (Å²) in [5, 5.41) is 0. The number of ether oxygens (including phenoxy) is 1. The zero-order valence-electron chi connectivity index (χ0n) is 22.9. The molecule has 0 aliphatic heterocycles. The third-order valence-electron chi connectivity index (χ3n) is 11.7. The van der Waals surface area contributed by atoms with Gasteiger partial charge in [-0.3, -0.25) is 4.79 Å². The fourth-order valence-corrected chi connectivity index (χ4v) is 9.52. The minimum atomic E-state index is 0.296. The molecule has 0 N–H and O–H groups in total. The minimum Gasteiger partial charge on any atom is -0.375 e. The summed E-state index contributed by atoms with van der Waals surface area (Å²) in [7, 11) is 3.78. The van der Waals surface area contributed by atoms with Crippen molar-refractivity contribution in [1.82, 2.24) is 4.90 Å². The Kier molecular flexibility index (Phi) is 7.60. The highest BCUT2D eigenvalue weighted by Gasteiger charge is 2.60. The molecular formula is C30H53NO2. The topological polar surface area (TPSA) is 29.5 Å². The molecule has 4 aliphatic carbocycles. The normalized spacial score (nSPS) is 44.3. The van der Waals surface area contributed by atoms with Crippen LogP contribution in [0.4, 0.5) is 0 Å². The lowest BCUT2D eigenvalue weighted by molar-refractivity contribution is -0.143. The zero-order valence-corrected chi connectivity index (χ0v) is 22.9. The number of rotatable bonds is 7. The molecule has 0 aromatic heterocycles. The van der Waals surface area contributed by atoms with Gasteiger partial charge in [0.2, 0.25) is 5.91 Å². The van der Waals surface area contributed by atoms with Crippen LogP contribution in [0, 0.1) is 46.3 Å². The summed E-state index contributed by atoms with van der Waals surface area (Å²) in [4.78, 5) is 14.0. The fraction of sp³-hybridized carbons (Fsp3) is 0.967. The lowest BCUT2D eigenvalue weighted by Gasteiger charge is -2.61. The molecule has 0 bridgehead atoms. The SMILES string of the molecule is CCC(C)O[C@@H]1CC[C@]2(C)C3CC[C@@]4(C)C(CC[C@@H]4[C@H](C)CCC(=O)N(C)C)C3CC[C@@H]2C1. The highest BCUT2D eigenvalue weighted by atomic mass is 16.5. The maximum atomic E-state index is 12.2. The number of hydrogen-bond acceptors (Lipinski definition) is 2. The second-order valence-corrected chi connectivity index (χ2v) is 13.4. The Morgan fingerprint density at radius 2 is 1.67 bits per heavy atom. The van der Waals surface area contributed by atoms with Gasteiger partial charge in [0.25, 0.3) is 0 Å². The van der Waals surface area contributed by atoms with Crippen LogP contribution >= 0.6 is 0 Å². The van der Waals surface area contributed by atoms with E-state index in [-0.39, 0.29) is 0 Å². The first-order chi connectivity index (χ1) is 15.6. The van der Waals surface area contributed by atoms with Crippen molar-refractivity contribution < 1.29 is 9.53 Å². The van der Waals surface area contributed by atoms with Gasteiger partial charge >= 0.3 is 0 Å². The molecule has 33 heavy (non-hydrogen) atoms. The molecule has 4 rings (SSSR count). The van der Waals surface area contributed by atoms with Gasteiger partial charge in [-0.1, -0.05) is 27.7 Å². The zero-order chi connectivity index (χ0) is 24.0. The number of fused-ring (bicyclic) bond motifs is 5. The molecule has 4 fully saturated rings. The van der Waals surface area contributed by atoms with Gasteiger partial charge < -0.3 is 9.64 Å². The summed E-state index contributed by atoms with van der Waals surface area (Å²) < 4.78 is 6.42. The molecule has 1 amide bonds. The van der Waals surface area contributed by atoms with E-state index in [0.717, 1.165) is 48.9 Å². The van der Waals surface area contributed by atoms with Gasteiger partial charge in [-0.2, -0.15) is 0 Å². The molecule has 0 radical (unpaired) electrons. The maximum Gasteiger partial charge on any atom is 0.222 e. The maximum absolute atomic E-state index is 12.2. The van der Waals surface area contributed by atoms with E-state index in [1.807, 2.05) is 14.1 Å². The largest absolute Gasteiger partial charge is 0.375 e. The quantitative estimate of drug-likeness (QED) is 0.399. The molecule has 0 heterocycles. The van der Waals surface area contributed by atoms with Crippen LogP contribution in [0.15, 0.2) is 0 Å². The Balaban J connectivity index is 1.42. The van der Waals surface area contributed by atoms with Crippen LogP contribution in [-0.4, -0.2) is 37.1 Å². The smallest absolute Gasteiger partial charge is 0.222 e. The lowest BCUT2D eigenvalue weighted by atomic mass is 9.44. The van der Waals surface area contributed by atoms with E-state index in [1.165, 1.54) is 57.8 Å². The Morgan fingerprint density at radius 3 is 2.36 bits per heavy atom. The van der Waals surface area contributed by atoms with Crippen molar-refractivity contribution in [2.45, 2.75) is 124 Å². The van der Waals surface area contributed by atoms with Crippen molar-refractivity contribution >= 4 is 5.91 Å². The van der Waals surface area contributed by atoms with Crippen LogP contribution in [0.25, 0.3) is 0 Å². The first-order valence-electron chi connectivity index (χ1n) is 14.5. The third-order valence-corrected chi connectivity index (χ3v) is 11.7. The molecule has 0 aromatic carbocycles. The van der Waals surface area contributed by atoms with Crippen LogP contribution in [0.1, 0.15) is 112 Å². The van der Waals surface area contributed by atoms with Crippen molar-refractivity contribution in [3.05, 3.63) is 0 Å². The first-order valence-corrected chi connectivity index (χ1v) is 14.5. The van der Waals surface area contributed by atoms with E-state index in [9.17, 15) is 4.79 Å². The van der Waals surface area contributed by atoms with E-state index in [0.29, 0.717) is 34.9 Å². The Hall–Kier alpha value is -0.570. The van der Waals surface area contributed by atoms with Crippen LogP contribution in [-0.2, 0) is 9.53 Å². The number of amides is 1. The highest BCUT2D eigenvalue weighted by Crippen LogP contribution is 2.68. The molecule has 4 unspecified atom stereocenters. The molecule has 0 spiro atoms. The molecule has 3 heteroatoms. The molecule has 0 saturated heterocycles. The van der Waals surface area contributed by atoms with Gasteiger partial charge in [-0.25, -0.2) is 0 Å². The number of carbonyl (C=O) groups excluding carboxylic acids is 1. The van der Waals surface area contributed by atoms with Gasteiger partial charge in [0.1, 0.15) is 0 Å². The van der Waals surface area contributed by atoms with Gasteiger partial charge in [0, 0.05) is 20.5 Å². The van der Waals surface area contributed by atoms with Gasteiger partial charge in [-0.15, -0.1) is 0 Å². The highest BCUT2D eigenvalue weighted by molar-refractivity contribution is 5.75. The van der Waals surface area contributed by atoms with Crippen molar-refractivity contribution in [3.63, 3.8) is 0 Å². The molecule has 3 nitrogen and oxygen atoms in total. The summed E-state index contributed by atoms with van der Waals surface area (Å²) in [6, 6.07) is 0. The summed E-state index contributed by atoms with van der Waals surface area (Å²) in [6.07, 6.45) is 16.4. The molecule has 4 saturated carbocycles. The van der Waals surface area contributed by atoms with E-state index < -0.39 is 0 Å². The van der Waals surface area contributed by atoms with Crippen molar-refractivity contribution in [2.75, 3.05) is 14.1 Å². The van der Waals surface area contributed by atoms with E-state index in [2.05, 4.69) is 34.6 Å². The number of hydrogen-bond donors (Lipinski definition) is 0. The average molecular weight is 460 g/mol. The van der Waals surface area contributed by atoms with E-state index in [4.69, 9.17) is 4.74 Å². The van der Waals surface area contributed by atoms with Crippen molar-refractivity contribution in [3.8, 4) is 0 Å². The van der Waals surface area contributed by atoms with Crippen LogP contribution in [0.2, 0.25) is 0 Å². The predicted octanol–water partition coefficient (Wildman–Crippen LogP) is 7.33. The summed E-state index contributed by atoms with van der Waals surface area (Å²) in [5.41, 5.74) is 1.04. The van der Waals surface area contributed by atoms with Crippen molar-refractivity contribution in [2.24, 2.45) is 46.3 Å². The number of carbonyl (C=O) groups is 1. The second-order valence-electron chi connectivity index (χ2n) is 13.4. The Bertz CT molecular complexity index is 691. The first kappa shape index (κ1) is 25.5. The van der Waals surface area contributed by atoms with Gasteiger partial charge in [-0.05, 0) is 124 Å². The standard InChI is InChI=1S/C30H53NO2/c1-8-21(3)33-23-15-17-29(4)22(19-23)10-11-24-26-13-12-25(30(26,5)18-16-27(24)29)20(2)9-14-28(32)31(6)7/h20-27H,8-19H2,1-7H3/t20-,21?,22-,23-,24?,25-,26?,27?,29+,30-/m1/s1. The van der Waals surface area contributed by atoms with Crippen LogP contribution < -0.4 is 0 Å². The van der Waals surface area contributed by atoms with Crippen LogP contribution in [0.5, 0.6) is 0 Å². The lowest BCUT2D eigenvalue weighted by Crippen LogP contribution is -2.54. The molecule has 190 valence electrons. The van der Waals surface area contributed by atoms with Crippen molar-refractivity contribution in [1.29, 1.82) is 0 Å². The second kappa shape index (κ2) is 9.82. The van der Waals surface area contributed by atoms with Crippen LogP contribution in [0.3, 0.4) is 0 Å². The Morgan fingerprint density at radius 1 is 0.970 bits per heavy atom. The molecule has 10 atom stereocenters. The van der Waals surface area contributed by atoms with E-state index in [1.54, 1.807) is 4.90 Å². The summed E-state index contributed by atoms with van der Waals surface area (Å²) in [6.45, 7) is 12.3. The summed E-state index contributed by atoms with van der Waals surface area (Å²) >= 11 is 0. The monoisotopic (exact) mass is 459 g/mol. The van der Waals surface area contributed by atoms with E-state index >= 15 is 0 Å². The third kappa shape index (κ3) is 4.66. The Labute approximate surface area is 204 Å². The molecular weight excluding hydrogens is 406 g/mol. The minimum absolute atomic E-state index is 0.296. The molecule has 4 aliphatic rings. The fourth-order valence-electron chi connectivity index (χ4n) is 9.52. The average Bonchev–Trinajstić information content (AvgIpc) is 3.14. The van der Waals surface area contributed by atoms with Gasteiger partial charge in [0.15, 0.2) is 0 Å². The number of nitrogens with zero attached hydrogens (tertiary/aromatic N) is 1. The summed E-state index contributed by atoms with van der Waals surface area (Å²) in [5.74, 6) is 5.44.